The fourth-order valence-electron chi connectivity index (χ4n) is 1.45. The van der Waals surface area contributed by atoms with Gasteiger partial charge in [0.2, 0.25) is 0 Å². The van der Waals surface area contributed by atoms with Crippen LogP contribution in [-0.4, -0.2) is 37.3 Å². The zero-order valence-corrected chi connectivity index (χ0v) is 12.4. The molecule has 0 aromatic heterocycles. The van der Waals surface area contributed by atoms with Crippen LogP contribution in [0.2, 0.25) is 5.02 Å². The topological polar surface area (TPSA) is 71.4 Å². The Morgan fingerprint density at radius 1 is 1.47 bits per heavy atom. The molecule has 0 heterocycles. The molecule has 0 spiro atoms. The summed E-state index contributed by atoms with van der Waals surface area (Å²) in [5.41, 5.74) is -0.740. The average Bonchev–Trinajstić information content (AvgIpc) is 2.31. The fraction of sp³-hybridized carbons (Fsp3) is 0.364. The molecular formula is C11H12ClFO4S2. The molecule has 0 unspecified atom stereocenters. The normalized spacial score (nSPS) is 11.5. The van der Waals surface area contributed by atoms with E-state index in [4.69, 9.17) is 16.7 Å². The van der Waals surface area contributed by atoms with E-state index in [1.807, 2.05) is 6.26 Å². The van der Waals surface area contributed by atoms with Crippen molar-refractivity contribution in [2.24, 2.45) is 0 Å². The highest BCUT2D eigenvalue weighted by Gasteiger charge is 2.24. The molecule has 0 aliphatic rings. The molecule has 8 heteroatoms. The summed E-state index contributed by atoms with van der Waals surface area (Å²) in [5.74, 6) is -2.45. The molecule has 0 saturated carbocycles. The molecule has 0 amide bonds. The number of benzene rings is 1. The van der Waals surface area contributed by atoms with E-state index in [9.17, 15) is 17.6 Å². The molecule has 19 heavy (non-hydrogen) atoms. The van der Waals surface area contributed by atoms with Gasteiger partial charge >= 0.3 is 5.97 Å². The van der Waals surface area contributed by atoms with Crippen LogP contribution >= 0.6 is 23.4 Å². The fourth-order valence-corrected chi connectivity index (χ4v) is 3.78. The van der Waals surface area contributed by atoms with Crippen LogP contribution in [0, 0.1) is 5.82 Å². The molecule has 1 aromatic rings. The van der Waals surface area contributed by atoms with Crippen LogP contribution < -0.4 is 0 Å². The van der Waals surface area contributed by atoms with E-state index in [0.29, 0.717) is 12.2 Å². The lowest BCUT2D eigenvalue weighted by atomic mass is 10.2. The Hall–Kier alpha value is -0.790. The Labute approximate surface area is 119 Å². The average molecular weight is 327 g/mol. The third-order valence-corrected chi connectivity index (χ3v) is 5.04. The Morgan fingerprint density at radius 2 is 2.11 bits per heavy atom. The predicted octanol–water partition coefficient (Wildman–Crippen LogP) is 2.70. The second-order valence-corrected chi connectivity index (χ2v) is 7.24. The summed E-state index contributed by atoms with van der Waals surface area (Å²) in [6.45, 7) is 0. The number of hydrogen-bond donors (Lipinski definition) is 1. The van der Waals surface area contributed by atoms with Gasteiger partial charge in [-0.25, -0.2) is 17.6 Å². The monoisotopic (exact) mass is 326 g/mol. The molecule has 0 atom stereocenters. The predicted molar refractivity (Wildman–Crippen MR) is 73.4 cm³/mol. The van der Waals surface area contributed by atoms with Crippen molar-refractivity contribution in [3.05, 3.63) is 28.5 Å². The number of rotatable bonds is 6. The minimum atomic E-state index is -3.88. The van der Waals surface area contributed by atoms with Crippen molar-refractivity contribution in [3.8, 4) is 0 Å². The molecule has 0 radical (unpaired) electrons. The summed E-state index contributed by atoms with van der Waals surface area (Å²) in [6.07, 6.45) is 2.19. The van der Waals surface area contributed by atoms with Crippen molar-refractivity contribution in [2.45, 2.75) is 11.3 Å². The molecule has 0 aliphatic heterocycles. The van der Waals surface area contributed by atoms with Gasteiger partial charge in [-0.2, -0.15) is 11.8 Å². The van der Waals surface area contributed by atoms with Gasteiger partial charge in [-0.3, -0.25) is 0 Å². The van der Waals surface area contributed by atoms with Crippen LogP contribution in [0.4, 0.5) is 4.39 Å². The number of carbonyl (C=O) groups is 1. The number of thioether (sulfide) groups is 1. The van der Waals surface area contributed by atoms with E-state index in [0.717, 1.165) is 12.1 Å². The third-order valence-electron chi connectivity index (χ3n) is 2.33. The van der Waals surface area contributed by atoms with Gasteiger partial charge < -0.3 is 5.11 Å². The van der Waals surface area contributed by atoms with E-state index in [1.165, 1.54) is 11.8 Å². The van der Waals surface area contributed by atoms with Crippen molar-refractivity contribution in [1.29, 1.82) is 0 Å². The molecule has 106 valence electrons. The van der Waals surface area contributed by atoms with Gasteiger partial charge in [0.25, 0.3) is 0 Å². The lowest BCUT2D eigenvalue weighted by Gasteiger charge is -2.08. The SMILES string of the molecule is CSCCCS(=O)(=O)c1cc(Cl)cc(C(=O)O)c1F. The Morgan fingerprint density at radius 3 is 2.63 bits per heavy atom. The number of halogens is 2. The van der Waals surface area contributed by atoms with E-state index in [2.05, 4.69) is 0 Å². The van der Waals surface area contributed by atoms with Crippen LogP contribution in [0.5, 0.6) is 0 Å². The smallest absolute Gasteiger partial charge is 0.338 e. The summed E-state index contributed by atoms with van der Waals surface area (Å²) >= 11 is 7.11. The van der Waals surface area contributed by atoms with Gasteiger partial charge in [0.05, 0.1) is 11.3 Å². The minimum absolute atomic E-state index is 0.123. The summed E-state index contributed by atoms with van der Waals surface area (Å²) in [6, 6.07) is 1.83. The van der Waals surface area contributed by atoms with Crippen molar-refractivity contribution < 1.29 is 22.7 Å². The van der Waals surface area contributed by atoms with E-state index < -0.39 is 32.1 Å². The van der Waals surface area contributed by atoms with Gasteiger partial charge in [0, 0.05) is 5.02 Å². The van der Waals surface area contributed by atoms with Gasteiger partial charge in [-0.05, 0) is 30.6 Å². The summed E-state index contributed by atoms with van der Waals surface area (Å²) < 4.78 is 37.8. The van der Waals surface area contributed by atoms with Gasteiger partial charge in [-0.15, -0.1) is 0 Å². The Kier molecular flexibility index (Phi) is 5.64. The molecule has 0 aliphatic carbocycles. The van der Waals surface area contributed by atoms with Crippen LogP contribution in [-0.2, 0) is 9.84 Å². The lowest BCUT2D eigenvalue weighted by molar-refractivity contribution is 0.0691. The third kappa shape index (κ3) is 4.09. The number of hydrogen-bond acceptors (Lipinski definition) is 4. The number of aromatic carboxylic acids is 1. The maximum Gasteiger partial charge on any atom is 0.338 e. The maximum atomic E-state index is 13.9. The number of carboxylic acids is 1. The largest absolute Gasteiger partial charge is 0.478 e. The zero-order valence-electron chi connectivity index (χ0n) is 10.0. The second-order valence-electron chi connectivity index (χ2n) is 3.74. The van der Waals surface area contributed by atoms with Crippen LogP contribution in [0.25, 0.3) is 0 Å². The standard InChI is InChI=1S/C11H12ClFO4S2/c1-18-3-2-4-19(16,17)9-6-7(12)5-8(10(9)13)11(14)15/h5-6H,2-4H2,1H3,(H,14,15). The highest BCUT2D eigenvalue weighted by atomic mass is 35.5. The Balaban J connectivity index is 3.23. The molecular weight excluding hydrogens is 315 g/mol. The molecule has 0 fully saturated rings. The highest BCUT2D eigenvalue weighted by Crippen LogP contribution is 2.25. The lowest BCUT2D eigenvalue weighted by Crippen LogP contribution is -2.13. The quantitative estimate of drug-likeness (QED) is 0.814. The van der Waals surface area contributed by atoms with E-state index in [1.54, 1.807) is 0 Å². The molecule has 1 N–H and O–H groups in total. The highest BCUT2D eigenvalue weighted by molar-refractivity contribution is 7.98. The van der Waals surface area contributed by atoms with Crippen LogP contribution in [0.15, 0.2) is 17.0 Å². The second kappa shape index (κ2) is 6.58. The summed E-state index contributed by atoms with van der Waals surface area (Å²) in [5, 5.41) is 8.67. The zero-order chi connectivity index (χ0) is 14.6. The molecule has 1 rings (SSSR count). The first-order valence-corrected chi connectivity index (χ1v) is 8.66. The summed E-state index contributed by atoms with van der Waals surface area (Å²) in [7, 11) is -3.88. The molecule has 4 nitrogen and oxygen atoms in total. The van der Waals surface area contributed by atoms with Crippen molar-refractivity contribution in [2.75, 3.05) is 17.8 Å². The first-order chi connectivity index (χ1) is 8.79. The van der Waals surface area contributed by atoms with Gasteiger partial charge in [-0.1, -0.05) is 11.6 Å². The van der Waals surface area contributed by atoms with Crippen molar-refractivity contribution in [3.63, 3.8) is 0 Å². The molecule has 0 bridgehead atoms. The number of carboxylic acid groups (broad SMARTS) is 1. The van der Waals surface area contributed by atoms with E-state index in [-0.39, 0.29) is 10.8 Å². The van der Waals surface area contributed by atoms with Crippen molar-refractivity contribution in [1.82, 2.24) is 0 Å². The van der Waals surface area contributed by atoms with E-state index >= 15 is 0 Å². The maximum absolute atomic E-state index is 13.9. The first kappa shape index (κ1) is 16.3. The van der Waals surface area contributed by atoms with Crippen molar-refractivity contribution >= 4 is 39.2 Å². The van der Waals surface area contributed by atoms with Gasteiger partial charge in [0.1, 0.15) is 4.90 Å². The molecule has 0 saturated heterocycles. The first-order valence-electron chi connectivity index (χ1n) is 5.23. The minimum Gasteiger partial charge on any atom is -0.478 e. The van der Waals surface area contributed by atoms with Crippen LogP contribution in [0.3, 0.4) is 0 Å². The summed E-state index contributed by atoms with van der Waals surface area (Å²) in [4.78, 5) is 10.2. The van der Waals surface area contributed by atoms with Gasteiger partial charge in [0.15, 0.2) is 15.7 Å². The molecule has 1 aromatic carbocycles. The Bertz CT molecular complexity index is 587. The number of sulfone groups is 1. The van der Waals surface area contributed by atoms with Crippen LogP contribution in [0.1, 0.15) is 16.8 Å².